The Balaban J connectivity index is 1.53. The van der Waals surface area contributed by atoms with Crippen LogP contribution in [0.4, 0.5) is 5.82 Å². The molecule has 30 heavy (non-hydrogen) atoms. The zero-order chi connectivity index (χ0) is 20.3. The van der Waals surface area contributed by atoms with Crippen LogP contribution in [-0.2, 0) is 5.54 Å². The molecule has 6 rings (SSSR count). The van der Waals surface area contributed by atoms with Crippen LogP contribution in [0.5, 0.6) is 0 Å². The molecule has 0 unspecified atom stereocenters. The second-order valence-electron chi connectivity index (χ2n) is 7.67. The smallest absolute Gasteiger partial charge is 0.237 e. The summed E-state index contributed by atoms with van der Waals surface area (Å²) in [5, 5.41) is 8.67. The van der Waals surface area contributed by atoms with Crippen molar-refractivity contribution < 1.29 is 0 Å². The molecule has 0 bridgehead atoms. The van der Waals surface area contributed by atoms with Gasteiger partial charge in [0.2, 0.25) is 5.95 Å². The van der Waals surface area contributed by atoms with Crippen LogP contribution in [0, 0.1) is 0 Å². The molecule has 0 radical (unpaired) electrons. The van der Waals surface area contributed by atoms with Gasteiger partial charge in [-0.05, 0) is 31.4 Å². The van der Waals surface area contributed by atoms with Gasteiger partial charge >= 0.3 is 0 Å². The van der Waals surface area contributed by atoms with Gasteiger partial charge in [0.05, 0.1) is 6.20 Å². The van der Waals surface area contributed by atoms with E-state index < -0.39 is 0 Å². The summed E-state index contributed by atoms with van der Waals surface area (Å²) in [7, 11) is 0. The van der Waals surface area contributed by atoms with Gasteiger partial charge in [-0.2, -0.15) is 4.98 Å². The third-order valence-electron chi connectivity index (χ3n) is 6.23. The highest BCUT2D eigenvalue weighted by atomic mass is 79.9. The van der Waals surface area contributed by atoms with Crippen LogP contribution in [0.15, 0.2) is 53.7 Å². The minimum Gasteiger partial charge on any atom is -0.342 e. The van der Waals surface area contributed by atoms with E-state index in [1.807, 2.05) is 45.8 Å². The first kappa shape index (κ1) is 17.8. The monoisotopic (exact) mass is 462 g/mol. The van der Waals surface area contributed by atoms with Crippen LogP contribution >= 0.6 is 15.9 Å². The van der Waals surface area contributed by atoms with Crippen molar-refractivity contribution in [2.45, 2.75) is 31.7 Å². The summed E-state index contributed by atoms with van der Waals surface area (Å²) in [6.07, 6.45) is 10.4. The van der Waals surface area contributed by atoms with Gasteiger partial charge in [0.15, 0.2) is 11.6 Å². The molecule has 8 nitrogen and oxygen atoms in total. The van der Waals surface area contributed by atoms with E-state index in [-0.39, 0.29) is 5.54 Å². The molecule has 0 amide bonds. The lowest BCUT2D eigenvalue weighted by Gasteiger charge is -2.42. The number of halogens is 1. The summed E-state index contributed by atoms with van der Waals surface area (Å²) in [5.41, 5.74) is 1.77. The maximum atomic E-state index is 5.03. The number of aromatic nitrogens is 7. The van der Waals surface area contributed by atoms with Gasteiger partial charge in [-0.1, -0.05) is 35.0 Å². The van der Waals surface area contributed by atoms with Crippen LogP contribution in [-0.4, -0.2) is 40.8 Å². The Hall–Kier alpha value is -3.07. The SMILES string of the molecule is CC[C@@]12CCCN1c1nc(-n3ccnc3-c3cccc(Br)c3)ncc1-n1cnnc12. The highest BCUT2D eigenvalue weighted by molar-refractivity contribution is 9.10. The van der Waals surface area contributed by atoms with Crippen molar-refractivity contribution in [3.05, 3.63) is 59.5 Å². The number of benzene rings is 1. The lowest BCUT2D eigenvalue weighted by molar-refractivity contribution is 0.382. The maximum absolute atomic E-state index is 5.03. The second kappa shape index (κ2) is 6.46. The summed E-state index contributed by atoms with van der Waals surface area (Å²) in [4.78, 5) is 16.7. The Labute approximate surface area is 181 Å². The number of hydrogen-bond donors (Lipinski definition) is 0. The first-order chi connectivity index (χ1) is 14.7. The molecule has 1 aromatic carbocycles. The standard InChI is InChI=1S/C21H19BrN8/c1-2-21-7-4-9-30(21)18-16(29-13-25-27-19(21)29)12-24-20(26-18)28-10-8-23-17(28)14-5-3-6-15(22)11-14/h3,5-6,8,10-13H,2,4,7,9H2,1H3/t21-/m0/s1. The highest BCUT2D eigenvalue weighted by Gasteiger charge is 2.49. The minimum absolute atomic E-state index is 0.156. The Morgan fingerprint density at radius 1 is 1.20 bits per heavy atom. The average molecular weight is 463 g/mol. The fourth-order valence-corrected chi connectivity index (χ4v) is 5.22. The molecule has 1 fully saturated rings. The molecular formula is C21H19BrN8. The largest absolute Gasteiger partial charge is 0.342 e. The van der Waals surface area contributed by atoms with Crippen LogP contribution in [0.3, 0.4) is 0 Å². The van der Waals surface area contributed by atoms with Crippen molar-refractivity contribution in [2.75, 3.05) is 11.4 Å². The van der Waals surface area contributed by atoms with Crippen molar-refractivity contribution in [1.29, 1.82) is 0 Å². The second-order valence-corrected chi connectivity index (χ2v) is 8.59. The van der Waals surface area contributed by atoms with Crippen molar-refractivity contribution in [1.82, 2.24) is 34.3 Å². The molecule has 0 spiro atoms. The van der Waals surface area contributed by atoms with E-state index in [9.17, 15) is 0 Å². The van der Waals surface area contributed by atoms with Gasteiger partial charge in [-0.3, -0.25) is 9.13 Å². The summed E-state index contributed by atoms with van der Waals surface area (Å²) < 4.78 is 4.99. The molecule has 3 aromatic heterocycles. The molecule has 1 saturated heterocycles. The minimum atomic E-state index is -0.156. The lowest BCUT2D eigenvalue weighted by Crippen LogP contribution is -2.46. The van der Waals surface area contributed by atoms with E-state index in [0.29, 0.717) is 5.95 Å². The number of rotatable bonds is 3. The first-order valence-corrected chi connectivity index (χ1v) is 10.9. The topological polar surface area (TPSA) is 77.5 Å². The molecule has 2 aliphatic rings. The summed E-state index contributed by atoms with van der Waals surface area (Å²) in [5.74, 6) is 3.33. The normalized spacial score (nSPS) is 19.5. The zero-order valence-corrected chi connectivity index (χ0v) is 18.0. The molecule has 4 aromatic rings. The third kappa shape index (κ3) is 2.35. The Kier molecular flexibility index (Phi) is 3.83. The number of imidazole rings is 1. The van der Waals surface area contributed by atoms with Crippen LogP contribution in [0.25, 0.3) is 23.0 Å². The molecular weight excluding hydrogens is 444 g/mol. The fourth-order valence-electron chi connectivity index (χ4n) is 4.82. The van der Waals surface area contributed by atoms with Gasteiger partial charge in [-0.25, -0.2) is 9.97 Å². The Morgan fingerprint density at radius 3 is 3.00 bits per heavy atom. The van der Waals surface area contributed by atoms with Crippen LogP contribution < -0.4 is 4.90 Å². The van der Waals surface area contributed by atoms with E-state index in [0.717, 1.165) is 59.0 Å². The van der Waals surface area contributed by atoms with Crippen LogP contribution in [0.2, 0.25) is 0 Å². The molecule has 150 valence electrons. The first-order valence-electron chi connectivity index (χ1n) is 10.1. The van der Waals surface area contributed by atoms with Crippen LogP contribution in [0.1, 0.15) is 32.0 Å². The van der Waals surface area contributed by atoms with Gasteiger partial charge < -0.3 is 4.90 Å². The lowest BCUT2D eigenvalue weighted by atomic mass is 9.90. The van der Waals surface area contributed by atoms with Crippen molar-refractivity contribution >= 4 is 21.7 Å². The van der Waals surface area contributed by atoms with Crippen molar-refractivity contribution in [2.24, 2.45) is 0 Å². The van der Waals surface area contributed by atoms with Crippen molar-refractivity contribution in [3.63, 3.8) is 0 Å². The fraction of sp³-hybridized carbons (Fsp3) is 0.286. The molecule has 5 heterocycles. The Bertz CT molecular complexity index is 1260. The molecule has 0 aliphatic carbocycles. The third-order valence-corrected chi connectivity index (χ3v) is 6.72. The molecule has 0 N–H and O–H groups in total. The predicted octanol–water partition coefficient (Wildman–Crippen LogP) is 3.89. The van der Waals surface area contributed by atoms with E-state index in [2.05, 4.69) is 47.9 Å². The van der Waals surface area contributed by atoms with Crippen molar-refractivity contribution in [3.8, 4) is 23.0 Å². The van der Waals surface area contributed by atoms with Gasteiger partial charge in [-0.15, -0.1) is 10.2 Å². The molecule has 9 heteroatoms. The average Bonchev–Trinajstić information content (AvgIpc) is 3.52. The number of fused-ring (bicyclic) bond motifs is 6. The van der Waals surface area contributed by atoms with Gasteiger partial charge in [0.25, 0.3) is 0 Å². The summed E-state index contributed by atoms with van der Waals surface area (Å²) in [6.45, 7) is 3.16. The number of anilines is 1. The predicted molar refractivity (Wildman–Crippen MR) is 116 cm³/mol. The number of hydrogen-bond acceptors (Lipinski definition) is 6. The van der Waals surface area contributed by atoms with E-state index in [1.165, 1.54) is 0 Å². The van der Waals surface area contributed by atoms with E-state index in [4.69, 9.17) is 4.98 Å². The molecule has 1 atom stereocenters. The highest BCUT2D eigenvalue weighted by Crippen LogP contribution is 2.48. The zero-order valence-electron chi connectivity index (χ0n) is 16.4. The number of nitrogens with zero attached hydrogens (tertiary/aromatic N) is 8. The van der Waals surface area contributed by atoms with Gasteiger partial charge in [0.1, 0.15) is 23.4 Å². The maximum Gasteiger partial charge on any atom is 0.237 e. The summed E-state index contributed by atoms with van der Waals surface area (Å²) >= 11 is 3.54. The molecule has 0 saturated carbocycles. The quantitative estimate of drug-likeness (QED) is 0.459. The van der Waals surface area contributed by atoms with E-state index >= 15 is 0 Å². The Morgan fingerprint density at radius 2 is 2.13 bits per heavy atom. The summed E-state index contributed by atoms with van der Waals surface area (Å²) in [6, 6.07) is 8.08. The van der Waals surface area contributed by atoms with E-state index in [1.54, 1.807) is 12.5 Å². The molecule has 2 aliphatic heterocycles. The van der Waals surface area contributed by atoms with Gasteiger partial charge in [0, 0.05) is 29.0 Å².